The van der Waals surface area contributed by atoms with Gasteiger partial charge in [-0.1, -0.05) is 0 Å². The van der Waals surface area contributed by atoms with Gasteiger partial charge in [0.15, 0.2) is 21.9 Å². The van der Waals surface area contributed by atoms with Crippen LogP contribution in [0.5, 0.6) is 0 Å². The van der Waals surface area contributed by atoms with Crippen LogP contribution in [0.2, 0.25) is 0 Å². The second-order valence-corrected chi connectivity index (χ2v) is 4.52. The van der Waals surface area contributed by atoms with E-state index in [0.29, 0.717) is 6.29 Å². The second-order valence-electron chi connectivity index (χ2n) is 2.34. The number of rotatable bonds is 2. The number of allylic oxidation sites excluding steroid dienone is 1. The van der Waals surface area contributed by atoms with Gasteiger partial charge in [-0.3, -0.25) is 4.79 Å². The first-order valence-electron chi connectivity index (χ1n) is 3.05. The molecular formula is C6H8O4S. The third kappa shape index (κ3) is 1.80. The molecule has 0 aromatic heterocycles. The first kappa shape index (κ1) is 8.26. The van der Waals surface area contributed by atoms with E-state index in [9.17, 15) is 13.2 Å². The van der Waals surface area contributed by atoms with Crippen molar-refractivity contribution < 1.29 is 17.9 Å². The molecule has 1 aliphatic heterocycles. The Morgan fingerprint density at radius 2 is 2.36 bits per heavy atom. The van der Waals surface area contributed by atoms with Crippen LogP contribution in [-0.4, -0.2) is 26.4 Å². The highest BCUT2D eigenvalue weighted by atomic mass is 32.2. The molecule has 5 heteroatoms. The van der Waals surface area contributed by atoms with Crippen LogP contribution in [0.3, 0.4) is 0 Å². The molecule has 0 bridgehead atoms. The normalized spacial score (nSPS) is 24.1. The van der Waals surface area contributed by atoms with Crippen LogP contribution in [0.1, 0.15) is 6.42 Å². The average molecular weight is 176 g/mol. The first-order chi connectivity index (χ1) is 5.04. The number of carbonyl (C=O) groups excluding carboxylic acids is 1. The third-order valence-electron chi connectivity index (χ3n) is 1.37. The van der Waals surface area contributed by atoms with E-state index < -0.39 is 15.3 Å². The monoisotopic (exact) mass is 176 g/mol. The summed E-state index contributed by atoms with van der Waals surface area (Å²) < 4.78 is 26.4. The van der Waals surface area contributed by atoms with Gasteiger partial charge in [-0.15, -0.1) is 0 Å². The fourth-order valence-corrected chi connectivity index (χ4v) is 1.53. The highest BCUT2D eigenvalue weighted by molar-refractivity contribution is 7.91. The quantitative estimate of drug-likeness (QED) is 0.549. The zero-order chi connectivity index (χ0) is 8.48. The molecule has 0 amide bonds. The molecule has 62 valence electrons. The largest absolute Gasteiger partial charge is 0.471 e. The van der Waals surface area contributed by atoms with Crippen LogP contribution >= 0.6 is 0 Å². The van der Waals surface area contributed by atoms with E-state index in [1.54, 1.807) is 0 Å². The molecule has 1 rings (SSSR count). The van der Waals surface area contributed by atoms with Crippen LogP contribution in [0, 0.1) is 0 Å². The van der Waals surface area contributed by atoms with Gasteiger partial charge in [0.05, 0.1) is 0 Å². The van der Waals surface area contributed by atoms with E-state index in [2.05, 4.69) is 0 Å². The molecular weight excluding hydrogens is 168 g/mol. The van der Waals surface area contributed by atoms with E-state index in [4.69, 9.17) is 4.74 Å². The highest BCUT2D eigenvalue weighted by Gasteiger charge is 2.26. The van der Waals surface area contributed by atoms with E-state index >= 15 is 0 Å². The number of hydrogen-bond acceptors (Lipinski definition) is 4. The molecule has 1 heterocycles. The van der Waals surface area contributed by atoms with Gasteiger partial charge < -0.3 is 4.74 Å². The van der Waals surface area contributed by atoms with E-state index in [1.807, 2.05) is 0 Å². The van der Waals surface area contributed by atoms with Crippen LogP contribution in [-0.2, 0) is 19.4 Å². The number of ether oxygens (including phenoxy) is 1. The van der Waals surface area contributed by atoms with Gasteiger partial charge >= 0.3 is 0 Å². The molecule has 0 saturated carbocycles. The SMILES string of the molecule is CS(=O)(=O)C1CC=C(C=O)O1. The summed E-state index contributed by atoms with van der Waals surface area (Å²) in [6.07, 6.45) is 3.33. The van der Waals surface area contributed by atoms with E-state index in [-0.39, 0.29) is 12.2 Å². The van der Waals surface area contributed by atoms with E-state index in [1.165, 1.54) is 6.08 Å². The minimum Gasteiger partial charge on any atom is -0.471 e. The molecule has 1 aliphatic rings. The van der Waals surface area contributed by atoms with Gasteiger partial charge in [-0.2, -0.15) is 0 Å². The third-order valence-corrected chi connectivity index (χ3v) is 2.62. The topological polar surface area (TPSA) is 60.4 Å². The molecule has 0 radical (unpaired) electrons. The zero-order valence-corrected chi connectivity index (χ0v) is 6.80. The molecule has 0 aromatic rings. The lowest BCUT2D eigenvalue weighted by Crippen LogP contribution is -2.18. The lowest BCUT2D eigenvalue weighted by atomic mass is 10.4. The Hall–Kier alpha value is -0.840. The molecule has 0 spiro atoms. The van der Waals surface area contributed by atoms with Gasteiger partial charge in [-0.05, 0) is 6.08 Å². The summed E-state index contributed by atoms with van der Waals surface area (Å²) in [6, 6.07) is 0. The lowest BCUT2D eigenvalue weighted by molar-refractivity contribution is -0.107. The van der Waals surface area contributed by atoms with Crippen molar-refractivity contribution in [1.82, 2.24) is 0 Å². The van der Waals surface area contributed by atoms with Gasteiger partial charge in [0.1, 0.15) is 0 Å². The van der Waals surface area contributed by atoms with Crippen molar-refractivity contribution >= 4 is 16.1 Å². The standard InChI is InChI=1S/C6H8O4S/c1-11(8,9)6-3-2-5(4-7)10-6/h2,4,6H,3H2,1H3. The summed E-state index contributed by atoms with van der Waals surface area (Å²) in [7, 11) is -3.18. The minimum absolute atomic E-state index is 0.112. The first-order valence-corrected chi connectivity index (χ1v) is 5.00. The minimum atomic E-state index is -3.18. The van der Waals surface area contributed by atoms with Crippen LogP contribution in [0.25, 0.3) is 0 Å². The molecule has 0 fully saturated rings. The van der Waals surface area contributed by atoms with Gasteiger partial charge in [0, 0.05) is 12.7 Å². The predicted octanol–water partition coefficient (Wildman–Crippen LogP) is -0.140. The molecule has 1 atom stereocenters. The fraction of sp³-hybridized carbons (Fsp3) is 0.500. The summed E-state index contributed by atoms with van der Waals surface area (Å²) in [5.74, 6) is 0.112. The van der Waals surface area contributed by atoms with Crippen LogP contribution in [0.4, 0.5) is 0 Å². The average Bonchev–Trinajstić information content (AvgIpc) is 2.32. The van der Waals surface area contributed by atoms with E-state index in [0.717, 1.165) is 6.26 Å². The Kier molecular flexibility index (Phi) is 1.99. The Balaban J connectivity index is 2.69. The zero-order valence-electron chi connectivity index (χ0n) is 5.98. The van der Waals surface area contributed by atoms with Crippen molar-refractivity contribution in [3.63, 3.8) is 0 Å². The summed E-state index contributed by atoms with van der Waals surface area (Å²) in [4.78, 5) is 10.1. The smallest absolute Gasteiger partial charge is 0.202 e. The number of carbonyl (C=O) groups is 1. The Bertz CT molecular complexity index is 288. The Morgan fingerprint density at radius 1 is 1.73 bits per heavy atom. The summed E-state index contributed by atoms with van der Waals surface area (Å²) in [6.45, 7) is 0. The summed E-state index contributed by atoms with van der Waals surface area (Å²) in [5.41, 5.74) is -0.859. The predicted molar refractivity (Wildman–Crippen MR) is 38.5 cm³/mol. The summed E-state index contributed by atoms with van der Waals surface area (Å²) >= 11 is 0. The fourth-order valence-electron chi connectivity index (χ4n) is 0.798. The molecule has 0 aromatic carbocycles. The number of aldehydes is 1. The van der Waals surface area contributed by atoms with Crippen LogP contribution in [0.15, 0.2) is 11.8 Å². The Labute approximate surface area is 64.8 Å². The van der Waals surface area contributed by atoms with Crippen molar-refractivity contribution in [3.05, 3.63) is 11.8 Å². The molecule has 11 heavy (non-hydrogen) atoms. The molecule has 1 unspecified atom stereocenters. The van der Waals surface area contributed by atoms with Crippen molar-refractivity contribution in [2.75, 3.05) is 6.26 Å². The number of sulfone groups is 1. The van der Waals surface area contributed by atoms with Gasteiger partial charge in [-0.25, -0.2) is 8.42 Å². The molecule has 4 nitrogen and oxygen atoms in total. The van der Waals surface area contributed by atoms with Crippen molar-refractivity contribution in [2.45, 2.75) is 11.9 Å². The highest BCUT2D eigenvalue weighted by Crippen LogP contribution is 2.18. The maximum absolute atomic E-state index is 10.8. The molecule has 0 saturated heterocycles. The lowest BCUT2D eigenvalue weighted by Gasteiger charge is -2.07. The van der Waals surface area contributed by atoms with Gasteiger partial charge in [0.25, 0.3) is 0 Å². The molecule has 0 N–H and O–H groups in total. The number of hydrogen-bond donors (Lipinski definition) is 0. The van der Waals surface area contributed by atoms with Gasteiger partial charge in [0.2, 0.25) is 5.44 Å². The maximum atomic E-state index is 10.8. The summed E-state index contributed by atoms with van der Waals surface area (Å²) in [5, 5.41) is 0. The van der Waals surface area contributed by atoms with Crippen LogP contribution < -0.4 is 0 Å². The second kappa shape index (κ2) is 2.65. The maximum Gasteiger partial charge on any atom is 0.202 e. The van der Waals surface area contributed by atoms with Crippen molar-refractivity contribution in [1.29, 1.82) is 0 Å². The Morgan fingerprint density at radius 3 is 2.64 bits per heavy atom. The van der Waals surface area contributed by atoms with Crippen molar-refractivity contribution in [2.24, 2.45) is 0 Å². The van der Waals surface area contributed by atoms with Crippen molar-refractivity contribution in [3.8, 4) is 0 Å². The molecule has 0 aliphatic carbocycles.